The molecule has 0 N–H and O–H groups in total. The van der Waals surface area contributed by atoms with Crippen LogP contribution in [0.1, 0.15) is 27.7 Å². The lowest BCUT2D eigenvalue weighted by Crippen LogP contribution is -2.09. The molecule has 2 nitrogen and oxygen atoms in total. The van der Waals surface area contributed by atoms with Crippen LogP contribution in [0.15, 0.2) is 0 Å². The smallest absolute Gasteiger partial charge is 0.130 e. The standard InChI is InChI=1S/C9H20O2S2/c1-5-10-9(12)13-8(4)11-6-7(2)3/h7-8,12-13H,5-6H2,1-4H3. The van der Waals surface area contributed by atoms with Crippen LogP contribution in [-0.2, 0) is 9.47 Å². The van der Waals surface area contributed by atoms with Crippen molar-refractivity contribution in [1.82, 2.24) is 0 Å². The van der Waals surface area contributed by atoms with E-state index in [-0.39, 0.29) is 5.44 Å². The van der Waals surface area contributed by atoms with Gasteiger partial charge >= 0.3 is 0 Å². The van der Waals surface area contributed by atoms with Gasteiger partial charge in [-0.25, -0.2) is 0 Å². The average Bonchev–Trinajstić information content (AvgIpc) is 2.01. The van der Waals surface area contributed by atoms with Gasteiger partial charge in [0.25, 0.3) is 0 Å². The highest BCUT2D eigenvalue weighted by atomic mass is 32.2. The lowest BCUT2D eigenvalue weighted by atomic mass is 10.2. The molecule has 0 aliphatic rings. The second-order valence-corrected chi connectivity index (χ2v) is 5.32. The first-order chi connectivity index (χ1) is 6.06. The maximum Gasteiger partial charge on any atom is 0.130 e. The van der Waals surface area contributed by atoms with Gasteiger partial charge in [-0.05, 0) is 19.8 Å². The molecule has 0 aromatic heterocycles. The summed E-state index contributed by atoms with van der Waals surface area (Å²) in [6.45, 7) is 9.71. The third-order valence-corrected chi connectivity index (χ3v) is 2.57. The van der Waals surface area contributed by atoms with Gasteiger partial charge in [-0.15, -0.1) is 24.0 Å². The molecule has 0 aromatic carbocycles. The second-order valence-electron chi connectivity index (χ2n) is 3.17. The highest BCUT2D eigenvalue weighted by molar-refractivity contribution is 8.17. The molecule has 0 radical (unpaired) electrons. The Morgan fingerprint density at radius 3 is 2.46 bits per heavy atom. The van der Waals surface area contributed by atoms with Crippen molar-refractivity contribution >= 4 is 28.4 Å². The SMILES string of the molecule is CCOC(S)=[SH]C(C)OCC(C)C. The summed E-state index contributed by atoms with van der Waals surface area (Å²) in [6, 6.07) is 0. The molecular formula is C9H20O2S2. The van der Waals surface area contributed by atoms with E-state index in [2.05, 4.69) is 26.5 Å². The van der Waals surface area contributed by atoms with Crippen LogP contribution in [0.4, 0.5) is 0 Å². The number of rotatable bonds is 5. The average molecular weight is 224 g/mol. The molecule has 1 unspecified atom stereocenters. The van der Waals surface area contributed by atoms with Gasteiger partial charge in [0.15, 0.2) is 0 Å². The van der Waals surface area contributed by atoms with E-state index in [1.165, 1.54) is 0 Å². The summed E-state index contributed by atoms with van der Waals surface area (Å²) in [5.41, 5.74) is 0.168. The van der Waals surface area contributed by atoms with E-state index in [1.54, 1.807) is 0 Å². The van der Waals surface area contributed by atoms with Gasteiger partial charge in [-0.2, -0.15) is 0 Å². The second kappa shape index (κ2) is 7.85. The summed E-state index contributed by atoms with van der Waals surface area (Å²) < 4.78 is 11.5. The Morgan fingerprint density at radius 1 is 1.38 bits per heavy atom. The number of hydrogen-bond donors (Lipinski definition) is 2. The maximum absolute atomic E-state index is 5.56. The van der Waals surface area contributed by atoms with Crippen LogP contribution < -0.4 is 0 Å². The van der Waals surface area contributed by atoms with E-state index < -0.39 is 0 Å². The Labute approximate surface area is 90.4 Å². The van der Waals surface area contributed by atoms with Crippen LogP contribution >= 0.6 is 24.0 Å². The van der Waals surface area contributed by atoms with Crippen LogP contribution in [0.5, 0.6) is 0 Å². The van der Waals surface area contributed by atoms with Crippen molar-refractivity contribution in [2.45, 2.75) is 33.1 Å². The molecule has 0 saturated heterocycles. The van der Waals surface area contributed by atoms with Crippen molar-refractivity contribution in [2.75, 3.05) is 13.2 Å². The zero-order valence-electron chi connectivity index (χ0n) is 8.78. The third-order valence-electron chi connectivity index (χ3n) is 1.24. The van der Waals surface area contributed by atoms with Crippen LogP contribution in [0.2, 0.25) is 0 Å². The van der Waals surface area contributed by atoms with E-state index in [4.69, 9.17) is 9.47 Å². The van der Waals surface area contributed by atoms with Gasteiger partial charge < -0.3 is 9.47 Å². The van der Waals surface area contributed by atoms with E-state index in [0.717, 1.165) is 22.3 Å². The lowest BCUT2D eigenvalue weighted by Gasteiger charge is -2.12. The molecule has 0 saturated carbocycles. The zero-order valence-corrected chi connectivity index (χ0v) is 10.6. The highest BCUT2D eigenvalue weighted by Gasteiger charge is 2.00. The topological polar surface area (TPSA) is 18.5 Å². The van der Waals surface area contributed by atoms with E-state index in [1.807, 2.05) is 13.8 Å². The monoisotopic (exact) mass is 224 g/mol. The molecule has 0 rings (SSSR count). The molecule has 1 atom stereocenters. The largest absolute Gasteiger partial charge is 0.368 e. The summed E-state index contributed by atoms with van der Waals surface area (Å²) >= 11 is 5.21. The van der Waals surface area contributed by atoms with Crippen molar-refractivity contribution < 1.29 is 9.47 Å². The van der Waals surface area contributed by atoms with Gasteiger partial charge in [-0.1, -0.05) is 13.8 Å². The van der Waals surface area contributed by atoms with Gasteiger partial charge in [0, 0.05) is 0 Å². The fourth-order valence-electron chi connectivity index (χ4n) is 0.691. The van der Waals surface area contributed by atoms with Crippen LogP contribution in [0.3, 0.4) is 0 Å². The Kier molecular flexibility index (Phi) is 8.15. The molecular weight excluding hydrogens is 204 g/mol. The summed E-state index contributed by atoms with van der Waals surface area (Å²) in [6.07, 6.45) is 0. The summed E-state index contributed by atoms with van der Waals surface area (Å²) in [4.78, 5) is 0. The zero-order chi connectivity index (χ0) is 10.3. The molecule has 0 aliphatic carbocycles. The maximum atomic E-state index is 5.56. The highest BCUT2D eigenvalue weighted by Crippen LogP contribution is 2.09. The van der Waals surface area contributed by atoms with Gasteiger partial charge in [0.1, 0.15) is 4.38 Å². The Morgan fingerprint density at radius 2 is 2.00 bits per heavy atom. The first kappa shape index (κ1) is 13.5. The minimum absolute atomic E-state index is 0.168. The van der Waals surface area contributed by atoms with Crippen molar-refractivity contribution in [3.63, 3.8) is 0 Å². The predicted molar refractivity (Wildman–Crippen MR) is 64.9 cm³/mol. The minimum atomic E-state index is 0.168. The molecule has 0 bridgehead atoms. The molecule has 0 amide bonds. The van der Waals surface area contributed by atoms with Crippen molar-refractivity contribution in [2.24, 2.45) is 5.92 Å². The summed E-state index contributed by atoms with van der Waals surface area (Å²) in [5.74, 6) is 0.577. The third kappa shape index (κ3) is 8.81. The van der Waals surface area contributed by atoms with Gasteiger partial charge in [-0.3, -0.25) is 0 Å². The molecule has 0 heterocycles. The van der Waals surface area contributed by atoms with E-state index in [9.17, 15) is 0 Å². The molecule has 0 spiro atoms. The fraction of sp³-hybridized carbons (Fsp3) is 0.889. The number of ether oxygens (including phenoxy) is 2. The normalized spacial score (nSPS) is 15.7. The first-order valence-corrected chi connectivity index (χ1v) is 5.98. The molecule has 0 aliphatic heterocycles. The molecule has 13 heavy (non-hydrogen) atoms. The van der Waals surface area contributed by atoms with E-state index >= 15 is 0 Å². The van der Waals surface area contributed by atoms with Crippen molar-refractivity contribution in [1.29, 1.82) is 0 Å². The van der Waals surface area contributed by atoms with Crippen LogP contribution in [-0.4, -0.2) is 23.0 Å². The lowest BCUT2D eigenvalue weighted by molar-refractivity contribution is 0.101. The predicted octanol–water partition coefficient (Wildman–Crippen LogP) is 2.52. The Hall–Kier alpha value is 0.490. The summed E-state index contributed by atoms with van der Waals surface area (Å²) in [5, 5.41) is 0. The minimum Gasteiger partial charge on any atom is -0.368 e. The van der Waals surface area contributed by atoms with Crippen LogP contribution in [0, 0.1) is 5.92 Å². The summed E-state index contributed by atoms with van der Waals surface area (Å²) in [7, 11) is 0. The van der Waals surface area contributed by atoms with Gasteiger partial charge in [0.2, 0.25) is 0 Å². The molecule has 0 fully saturated rings. The van der Waals surface area contributed by atoms with E-state index in [0.29, 0.717) is 12.5 Å². The number of thiol groups is 2. The molecule has 80 valence electrons. The van der Waals surface area contributed by atoms with Gasteiger partial charge in [0.05, 0.1) is 18.6 Å². The molecule has 0 aromatic rings. The number of hydrogen-bond acceptors (Lipinski definition) is 2. The first-order valence-electron chi connectivity index (χ1n) is 4.57. The quantitative estimate of drug-likeness (QED) is 0.552. The Balaban J connectivity index is 3.70. The Bertz CT molecular complexity index is 158. The molecule has 4 heteroatoms. The van der Waals surface area contributed by atoms with Crippen molar-refractivity contribution in [3.8, 4) is 0 Å². The fourth-order valence-corrected chi connectivity index (χ4v) is 1.98. The van der Waals surface area contributed by atoms with Crippen LogP contribution in [0.25, 0.3) is 0 Å². The van der Waals surface area contributed by atoms with Crippen molar-refractivity contribution in [3.05, 3.63) is 0 Å².